The van der Waals surface area contributed by atoms with Gasteiger partial charge in [0.25, 0.3) is 0 Å². The molecule has 0 saturated carbocycles. The number of nitrogens with one attached hydrogen (secondary N) is 1. The number of alkyl halides is 1. The molecule has 0 radical (unpaired) electrons. The van der Waals surface area contributed by atoms with Crippen LogP contribution in [0.25, 0.3) is 0 Å². The summed E-state index contributed by atoms with van der Waals surface area (Å²) in [5, 5.41) is 2.29. The Bertz CT molecular complexity index is 283. The van der Waals surface area contributed by atoms with E-state index in [9.17, 15) is 9.59 Å². The quantitative estimate of drug-likeness (QED) is 0.718. The lowest BCUT2D eigenvalue weighted by atomic mass is 9.86. The van der Waals surface area contributed by atoms with Crippen molar-refractivity contribution in [3.63, 3.8) is 0 Å². The van der Waals surface area contributed by atoms with E-state index in [4.69, 9.17) is 11.6 Å². The van der Waals surface area contributed by atoms with Crippen LogP contribution in [0.4, 0.5) is 4.79 Å². The zero-order chi connectivity index (χ0) is 12.3. The first-order valence-corrected chi connectivity index (χ1v) is 6.15. The molecule has 1 aliphatic rings. The van der Waals surface area contributed by atoms with Gasteiger partial charge in [0.2, 0.25) is 5.91 Å². The van der Waals surface area contributed by atoms with Crippen molar-refractivity contribution in [3.8, 4) is 0 Å². The maximum Gasteiger partial charge on any atom is 0.324 e. The minimum atomic E-state index is -0.440. The molecule has 3 unspecified atom stereocenters. The predicted octanol–water partition coefficient (Wildman–Crippen LogP) is 1.83. The van der Waals surface area contributed by atoms with E-state index >= 15 is 0 Å². The van der Waals surface area contributed by atoms with Crippen LogP contribution in [-0.4, -0.2) is 35.3 Å². The van der Waals surface area contributed by atoms with Crippen molar-refractivity contribution in [1.82, 2.24) is 10.2 Å². The number of piperidine rings is 1. The average Bonchev–Trinajstić information content (AvgIpc) is 2.22. The smallest absolute Gasteiger partial charge is 0.321 e. The van der Waals surface area contributed by atoms with Gasteiger partial charge in [-0.2, -0.15) is 0 Å². The average molecular weight is 247 g/mol. The second-order valence-electron chi connectivity index (χ2n) is 4.70. The lowest BCUT2D eigenvalue weighted by molar-refractivity contribution is -0.117. The monoisotopic (exact) mass is 246 g/mol. The largest absolute Gasteiger partial charge is 0.324 e. The summed E-state index contributed by atoms with van der Waals surface area (Å²) in [6.07, 6.45) is 1.12. The van der Waals surface area contributed by atoms with Crippen LogP contribution in [0, 0.1) is 11.8 Å². The second kappa shape index (κ2) is 5.53. The maximum absolute atomic E-state index is 11.8. The van der Waals surface area contributed by atoms with Crippen molar-refractivity contribution >= 4 is 23.5 Å². The molecule has 16 heavy (non-hydrogen) atoms. The fourth-order valence-electron chi connectivity index (χ4n) is 2.21. The van der Waals surface area contributed by atoms with Crippen LogP contribution < -0.4 is 5.32 Å². The maximum atomic E-state index is 11.8. The molecule has 0 aliphatic carbocycles. The summed E-state index contributed by atoms with van der Waals surface area (Å²) in [7, 11) is 0. The third kappa shape index (κ3) is 3.11. The minimum absolute atomic E-state index is 0.166. The van der Waals surface area contributed by atoms with Gasteiger partial charge in [-0.3, -0.25) is 10.1 Å². The third-order valence-corrected chi connectivity index (χ3v) is 3.47. The molecule has 5 heteroatoms. The van der Waals surface area contributed by atoms with Crippen LogP contribution in [-0.2, 0) is 4.79 Å². The summed E-state index contributed by atoms with van der Waals surface area (Å²) in [5.74, 6) is 0.312. The predicted molar refractivity (Wildman–Crippen MR) is 63.4 cm³/mol. The number of rotatable bonds is 1. The van der Waals surface area contributed by atoms with Gasteiger partial charge in [-0.1, -0.05) is 13.8 Å². The first kappa shape index (κ1) is 13.3. The van der Waals surface area contributed by atoms with Gasteiger partial charge >= 0.3 is 6.03 Å². The fourth-order valence-corrected chi connectivity index (χ4v) is 2.27. The highest BCUT2D eigenvalue weighted by Crippen LogP contribution is 2.26. The minimum Gasteiger partial charge on any atom is -0.321 e. The van der Waals surface area contributed by atoms with Crippen molar-refractivity contribution < 1.29 is 9.59 Å². The van der Waals surface area contributed by atoms with Crippen LogP contribution in [0.2, 0.25) is 0 Å². The number of hydrogen-bond donors (Lipinski definition) is 1. The molecular weight excluding hydrogens is 228 g/mol. The number of imide groups is 1. The lowest BCUT2D eigenvalue weighted by Crippen LogP contribution is -2.53. The zero-order valence-electron chi connectivity index (χ0n) is 10.00. The fraction of sp³-hybridized carbons (Fsp3) is 0.818. The van der Waals surface area contributed by atoms with Crippen molar-refractivity contribution in [2.24, 2.45) is 11.8 Å². The molecular formula is C11H19ClN2O2. The number of carbonyl (C=O) groups is 2. The van der Waals surface area contributed by atoms with Crippen LogP contribution in [0.15, 0.2) is 0 Å². The van der Waals surface area contributed by atoms with Crippen LogP contribution in [0.1, 0.15) is 27.2 Å². The molecule has 1 saturated heterocycles. The Balaban J connectivity index is 2.63. The summed E-state index contributed by atoms with van der Waals surface area (Å²) in [4.78, 5) is 24.6. The first-order chi connectivity index (χ1) is 7.45. The van der Waals surface area contributed by atoms with E-state index < -0.39 is 5.91 Å². The van der Waals surface area contributed by atoms with Gasteiger partial charge in [0.15, 0.2) is 0 Å². The van der Waals surface area contributed by atoms with E-state index in [-0.39, 0.29) is 18.0 Å². The molecule has 3 amide bonds. The topological polar surface area (TPSA) is 49.4 Å². The highest BCUT2D eigenvalue weighted by molar-refractivity contribution is 6.28. The van der Waals surface area contributed by atoms with E-state index in [0.29, 0.717) is 18.4 Å². The number of halogens is 1. The van der Waals surface area contributed by atoms with Crippen LogP contribution >= 0.6 is 11.6 Å². The standard InChI is InChI=1S/C11H19ClN2O2/c1-7-4-8(2)9(3)14(6-7)11(16)13-10(15)5-12/h7-9H,4-6H2,1-3H3,(H,13,15,16). The molecule has 1 heterocycles. The van der Waals surface area contributed by atoms with Crippen LogP contribution in [0.3, 0.4) is 0 Å². The third-order valence-electron chi connectivity index (χ3n) is 3.23. The summed E-state index contributed by atoms with van der Waals surface area (Å²) >= 11 is 5.35. The van der Waals surface area contributed by atoms with Crippen LogP contribution in [0.5, 0.6) is 0 Å². The van der Waals surface area contributed by atoms with Gasteiger partial charge in [0, 0.05) is 12.6 Å². The van der Waals surface area contributed by atoms with E-state index in [0.717, 1.165) is 6.42 Å². The highest BCUT2D eigenvalue weighted by Gasteiger charge is 2.32. The van der Waals surface area contributed by atoms with E-state index in [1.165, 1.54) is 0 Å². The van der Waals surface area contributed by atoms with Gasteiger partial charge in [-0.05, 0) is 25.2 Å². The molecule has 92 valence electrons. The molecule has 1 fully saturated rings. The first-order valence-electron chi connectivity index (χ1n) is 5.62. The van der Waals surface area contributed by atoms with Crippen molar-refractivity contribution in [3.05, 3.63) is 0 Å². The van der Waals surface area contributed by atoms with Gasteiger partial charge in [-0.15, -0.1) is 11.6 Å². The molecule has 3 atom stereocenters. The Morgan fingerprint density at radius 3 is 2.56 bits per heavy atom. The Labute approximate surface area is 101 Å². The molecule has 0 spiro atoms. The lowest BCUT2D eigenvalue weighted by Gasteiger charge is -2.40. The molecule has 0 aromatic heterocycles. The van der Waals surface area contributed by atoms with Crippen molar-refractivity contribution in [2.75, 3.05) is 12.4 Å². The van der Waals surface area contributed by atoms with Gasteiger partial charge < -0.3 is 4.90 Å². The number of nitrogens with zero attached hydrogens (tertiary/aromatic N) is 1. The Morgan fingerprint density at radius 1 is 1.38 bits per heavy atom. The number of carbonyl (C=O) groups excluding carboxylic acids is 2. The molecule has 4 nitrogen and oxygen atoms in total. The number of hydrogen-bond acceptors (Lipinski definition) is 2. The SMILES string of the molecule is CC1CC(C)C(C)N(C(=O)NC(=O)CCl)C1. The highest BCUT2D eigenvalue weighted by atomic mass is 35.5. The van der Waals surface area contributed by atoms with Crippen molar-refractivity contribution in [1.29, 1.82) is 0 Å². The molecule has 0 bridgehead atoms. The summed E-state index contributed by atoms with van der Waals surface area (Å²) in [5.41, 5.74) is 0. The molecule has 1 rings (SSSR count). The Morgan fingerprint density at radius 2 is 2.00 bits per heavy atom. The van der Waals surface area contributed by atoms with Crippen molar-refractivity contribution in [2.45, 2.75) is 33.2 Å². The van der Waals surface area contributed by atoms with Gasteiger partial charge in [0.1, 0.15) is 5.88 Å². The number of urea groups is 1. The van der Waals surface area contributed by atoms with Gasteiger partial charge in [0.05, 0.1) is 0 Å². The molecule has 1 N–H and O–H groups in total. The molecule has 0 aromatic rings. The van der Waals surface area contributed by atoms with E-state index in [1.807, 2.05) is 6.92 Å². The number of likely N-dealkylation sites (tertiary alicyclic amines) is 1. The molecule has 0 aromatic carbocycles. The summed E-state index contributed by atoms with van der Waals surface area (Å²) in [6, 6.07) is -0.157. The molecule has 1 aliphatic heterocycles. The normalized spacial score (nSPS) is 30.0. The summed E-state index contributed by atoms with van der Waals surface area (Å²) in [6.45, 7) is 6.96. The Kier molecular flexibility index (Phi) is 4.59. The Hall–Kier alpha value is -0.770. The zero-order valence-corrected chi connectivity index (χ0v) is 10.8. The summed E-state index contributed by atoms with van der Waals surface area (Å²) < 4.78 is 0. The van der Waals surface area contributed by atoms with Gasteiger partial charge in [-0.25, -0.2) is 4.79 Å². The number of amides is 3. The van der Waals surface area contributed by atoms with E-state index in [2.05, 4.69) is 19.2 Å². The van der Waals surface area contributed by atoms with E-state index in [1.54, 1.807) is 4.90 Å². The second-order valence-corrected chi connectivity index (χ2v) is 4.97.